The van der Waals surface area contributed by atoms with Gasteiger partial charge in [-0.15, -0.1) is 11.3 Å². The molecule has 3 N–H and O–H groups in total. The zero-order valence-electron chi connectivity index (χ0n) is 13.4. The number of aliphatic hydroxyl groups excluding tert-OH is 1. The monoisotopic (exact) mass is 349 g/mol. The molecule has 2 amide bonds. The van der Waals surface area contributed by atoms with Crippen molar-refractivity contribution < 1.29 is 19.6 Å². The zero-order valence-corrected chi connectivity index (χ0v) is 14.2. The number of quaternary nitrogens is 1. The summed E-state index contributed by atoms with van der Waals surface area (Å²) in [5.41, 5.74) is 1.55. The Labute approximate surface area is 144 Å². The van der Waals surface area contributed by atoms with Gasteiger partial charge in [0.2, 0.25) is 0 Å². The predicted molar refractivity (Wildman–Crippen MR) is 88.9 cm³/mol. The van der Waals surface area contributed by atoms with E-state index in [9.17, 15) is 14.9 Å². The van der Waals surface area contributed by atoms with Gasteiger partial charge in [0.25, 0.3) is 0 Å². The summed E-state index contributed by atoms with van der Waals surface area (Å²) in [5.74, 6) is -1.22. The SMILES string of the molecule is N#Cc1c(NC(=O)C(=O)N2CC[NH+](CCO)CC2)sc2c1CCC2. The number of anilines is 1. The van der Waals surface area contributed by atoms with Crippen molar-refractivity contribution in [1.29, 1.82) is 5.26 Å². The van der Waals surface area contributed by atoms with Gasteiger partial charge in [-0.25, -0.2) is 0 Å². The van der Waals surface area contributed by atoms with Gasteiger partial charge in [-0.1, -0.05) is 0 Å². The largest absolute Gasteiger partial charge is 0.391 e. The van der Waals surface area contributed by atoms with E-state index >= 15 is 0 Å². The van der Waals surface area contributed by atoms with Gasteiger partial charge in [-0.05, 0) is 24.8 Å². The molecule has 0 saturated carbocycles. The maximum Gasteiger partial charge on any atom is 0.314 e. The Kier molecular flexibility index (Phi) is 5.14. The fourth-order valence-corrected chi connectivity index (χ4v) is 4.58. The molecule has 0 radical (unpaired) electrons. The highest BCUT2D eigenvalue weighted by molar-refractivity contribution is 7.16. The van der Waals surface area contributed by atoms with Gasteiger partial charge in [0.1, 0.15) is 17.6 Å². The molecule has 1 saturated heterocycles. The maximum atomic E-state index is 12.3. The van der Waals surface area contributed by atoms with Crippen molar-refractivity contribution in [3.8, 4) is 6.07 Å². The van der Waals surface area contributed by atoms with Crippen LogP contribution in [0.15, 0.2) is 0 Å². The number of fused-ring (bicyclic) bond motifs is 1. The van der Waals surface area contributed by atoms with Crippen LogP contribution in [0.25, 0.3) is 0 Å². The molecule has 128 valence electrons. The number of hydrogen-bond donors (Lipinski definition) is 3. The summed E-state index contributed by atoms with van der Waals surface area (Å²) >= 11 is 1.42. The molecule has 0 aromatic carbocycles. The first-order valence-electron chi connectivity index (χ1n) is 8.23. The minimum Gasteiger partial charge on any atom is -0.391 e. The average molecular weight is 349 g/mol. The van der Waals surface area contributed by atoms with Gasteiger partial charge >= 0.3 is 11.8 Å². The first-order chi connectivity index (χ1) is 11.6. The molecule has 1 aromatic rings. The number of carbonyl (C=O) groups excluding carboxylic acids is 2. The molecular formula is C16H21N4O3S+. The molecule has 8 heteroatoms. The molecule has 0 spiro atoms. The van der Waals surface area contributed by atoms with E-state index in [1.165, 1.54) is 16.2 Å². The molecule has 0 bridgehead atoms. The van der Waals surface area contributed by atoms with Crippen molar-refractivity contribution in [3.05, 3.63) is 16.0 Å². The number of nitrogens with one attached hydrogen (secondary N) is 2. The van der Waals surface area contributed by atoms with Crippen molar-refractivity contribution in [2.75, 3.05) is 44.6 Å². The molecule has 24 heavy (non-hydrogen) atoms. The van der Waals surface area contributed by atoms with Crippen molar-refractivity contribution in [1.82, 2.24) is 4.90 Å². The van der Waals surface area contributed by atoms with E-state index in [1.54, 1.807) is 4.90 Å². The number of carbonyl (C=O) groups is 2. The first kappa shape index (κ1) is 16.9. The second-order valence-electron chi connectivity index (χ2n) is 6.14. The lowest BCUT2D eigenvalue weighted by Crippen LogP contribution is -3.15. The van der Waals surface area contributed by atoms with Gasteiger partial charge in [-0.2, -0.15) is 5.26 Å². The Morgan fingerprint density at radius 3 is 2.75 bits per heavy atom. The Morgan fingerprint density at radius 2 is 2.08 bits per heavy atom. The molecule has 0 unspecified atom stereocenters. The average Bonchev–Trinajstić information content (AvgIpc) is 3.15. The van der Waals surface area contributed by atoms with Crippen LogP contribution in [0, 0.1) is 11.3 Å². The third kappa shape index (κ3) is 3.29. The second kappa shape index (κ2) is 7.30. The molecule has 2 aliphatic rings. The molecule has 1 aliphatic heterocycles. The number of piperazine rings is 1. The van der Waals surface area contributed by atoms with Gasteiger partial charge < -0.3 is 20.2 Å². The van der Waals surface area contributed by atoms with E-state index in [1.807, 2.05) is 0 Å². The maximum absolute atomic E-state index is 12.3. The topological polar surface area (TPSA) is 97.9 Å². The van der Waals surface area contributed by atoms with Crippen LogP contribution in [0.5, 0.6) is 0 Å². The normalized spacial score (nSPS) is 17.4. The second-order valence-corrected chi connectivity index (χ2v) is 7.25. The number of nitrogens with zero attached hydrogens (tertiary/aromatic N) is 2. The van der Waals surface area contributed by atoms with Gasteiger partial charge in [0.15, 0.2) is 0 Å². The van der Waals surface area contributed by atoms with E-state index in [0.29, 0.717) is 30.2 Å². The minimum absolute atomic E-state index is 0.129. The lowest BCUT2D eigenvalue weighted by atomic mass is 10.1. The first-order valence-corrected chi connectivity index (χ1v) is 9.05. The Bertz CT molecular complexity index is 686. The van der Waals surface area contributed by atoms with Crippen LogP contribution >= 0.6 is 11.3 Å². The van der Waals surface area contributed by atoms with E-state index < -0.39 is 11.8 Å². The summed E-state index contributed by atoms with van der Waals surface area (Å²) in [6, 6.07) is 2.16. The summed E-state index contributed by atoms with van der Waals surface area (Å²) in [5, 5.41) is 21.4. The van der Waals surface area contributed by atoms with E-state index in [4.69, 9.17) is 5.11 Å². The lowest BCUT2D eigenvalue weighted by molar-refractivity contribution is -0.904. The van der Waals surface area contributed by atoms with Crippen LogP contribution in [0.1, 0.15) is 22.4 Å². The lowest BCUT2D eigenvalue weighted by Gasteiger charge is -2.31. The van der Waals surface area contributed by atoms with Crippen LogP contribution in [0.4, 0.5) is 5.00 Å². The Morgan fingerprint density at radius 1 is 1.33 bits per heavy atom. The quantitative estimate of drug-likeness (QED) is 0.595. The molecule has 2 heterocycles. The highest BCUT2D eigenvalue weighted by atomic mass is 32.1. The number of hydrogen-bond acceptors (Lipinski definition) is 5. The zero-order chi connectivity index (χ0) is 17.1. The van der Waals surface area contributed by atoms with Gasteiger partial charge in [0, 0.05) is 4.88 Å². The Balaban J connectivity index is 1.62. The molecule has 3 rings (SSSR count). The molecular weight excluding hydrogens is 328 g/mol. The number of amides is 2. The summed E-state index contributed by atoms with van der Waals surface area (Å²) in [6.07, 6.45) is 2.85. The number of thiophene rings is 1. The minimum atomic E-state index is -0.669. The fraction of sp³-hybridized carbons (Fsp3) is 0.562. The van der Waals surface area contributed by atoms with Crippen molar-refractivity contribution >= 4 is 28.2 Å². The van der Waals surface area contributed by atoms with Crippen LogP contribution in [0.2, 0.25) is 0 Å². The summed E-state index contributed by atoms with van der Waals surface area (Å²) in [4.78, 5) is 28.5. The third-order valence-corrected chi connectivity index (χ3v) is 5.88. The molecule has 0 atom stereocenters. The molecule has 1 fully saturated rings. The highest BCUT2D eigenvalue weighted by Crippen LogP contribution is 2.38. The van der Waals surface area contributed by atoms with Crippen molar-refractivity contribution in [2.24, 2.45) is 0 Å². The van der Waals surface area contributed by atoms with Crippen LogP contribution < -0.4 is 10.2 Å². The van der Waals surface area contributed by atoms with Crippen LogP contribution in [0.3, 0.4) is 0 Å². The third-order valence-electron chi connectivity index (χ3n) is 4.68. The number of nitriles is 1. The molecule has 1 aromatic heterocycles. The molecule has 7 nitrogen and oxygen atoms in total. The van der Waals surface area contributed by atoms with Gasteiger partial charge in [-0.3, -0.25) is 9.59 Å². The van der Waals surface area contributed by atoms with E-state index in [-0.39, 0.29) is 6.61 Å². The van der Waals surface area contributed by atoms with Gasteiger partial charge in [0.05, 0.1) is 38.3 Å². The standard InChI is InChI=1S/C16H20N4O3S/c17-10-12-11-2-1-3-13(11)24-15(12)18-14(22)16(23)20-6-4-19(5-7-20)8-9-21/h21H,1-9H2,(H,18,22)/p+1. The Hall–Kier alpha value is -1.95. The predicted octanol–water partition coefficient (Wildman–Crippen LogP) is -1.23. The van der Waals surface area contributed by atoms with Crippen LogP contribution in [-0.2, 0) is 22.4 Å². The number of aliphatic hydroxyl groups is 1. The summed E-state index contributed by atoms with van der Waals surface area (Å²) in [7, 11) is 0. The van der Waals surface area contributed by atoms with E-state index in [0.717, 1.165) is 42.8 Å². The number of rotatable bonds is 3. The van der Waals surface area contributed by atoms with E-state index in [2.05, 4.69) is 11.4 Å². The van der Waals surface area contributed by atoms with Crippen molar-refractivity contribution in [3.63, 3.8) is 0 Å². The molecule has 1 aliphatic carbocycles. The summed E-state index contributed by atoms with van der Waals surface area (Å²) in [6.45, 7) is 3.28. The fourth-order valence-electron chi connectivity index (χ4n) is 3.34. The summed E-state index contributed by atoms with van der Waals surface area (Å²) < 4.78 is 0. The van der Waals surface area contributed by atoms with Crippen LogP contribution in [-0.4, -0.2) is 61.2 Å². The van der Waals surface area contributed by atoms with Crippen molar-refractivity contribution in [2.45, 2.75) is 19.3 Å². The smallest absolute Gasteiger partial charge is 0.314 e. The highest BCUT2D eigenvalue weighted by Gasteiger charge is 2.29. The number of aryl methyl sites for hydroxylation is 1.